The van der Waals surface area contributed by atoms with Crippen molar-refractivity contribution in [2.75, 3.05) is 0 Å². The average molecular weight is 505 g/mol. The Bertz CT molecular complexity index is 2000. The minimum Gasteiger partial charge on any atom is -0.269 e. The molecule has 0 aliphatic heterocycles. The second-order valence-electron chi connectivity index (χ2n) is 9.27. The van der Waals surface area contributed by atoms with Gasteiger partial charge in [-0.15, -0.1) is 0 Å². The van der Waals surface area contributed by atoms with Crippen LogP contribution in [-0.4, -0.2) is 9.97 Å². The van der Waals surface area contributed by atoms with Gasteiger partial charge in [0.25, 0.3) is 0 Å². The molecule has 0 aliphatic carbocycles. The van der Waals surface area contributed by atoms with Crippen LogP contribution >= 0.6 is 8.46 Å². The molecule has 0 bridgehead atoms. The van der Waals surface area contributed by atoms with E-state index in [4.69, 9.17) is 4.98 Å². The van der Waals surface area contributed by atoms with Crippen LogP contribution in [0.1, 0.15) is 0 Å². The van der Waals surface area contributed by atoms with Crippen LogP contribution in [0.2, 0.25) is 0 Å². The Hall–Kier alpha value is -4.72. The molecule has 0 unspecified atom stereocenters. The predicted octanol–water partition coefficient (Wildman–Crippen LogP) is 8.85. The summed E-state index contributed by atoms with van der Waals surface area (Å²) in [6, 6.07) is 41.5. The van der Waals surface area contributed by atoms with Crippen molar-refractivity contribution in [2.24, 2.45) is 0 Å². The first kappa shape index (κ1) is 22.5. The first-order chi connectivity index (χ1) is 18.8. The maximum absolute atomic E-state index is 12.7. The van der Waals surface area contributed by atoms with Gasteiger partial charge in [0.2, 0.25) is 0 Å². The van der Waals surface area contributed by atoms with E-state index in [9.17, 15) is 4.57 Å². The molecule has 4 heteroatoms. The first-order valence-electron chi connectivity index (χ1n) is 12.5. The molecule has 3 nitrogen and oxygen atoms in total. The molecule has 0 amide bonds. The predicted molar refractivity (Wildman–Crippen MR) is 158 cm³/mol. The number of aromatic nitrogens is 2. The molecule has 0 saturated carbocycles. The molecule has 0 fully saturated rings. The molecule has 5 aromatic carbocycles. The van der Waals surface area contributed by atoms with E-state index in [0.717, 1.165) is 65.7 Å². The van der Waals surface area contributed by atoms with Crippen molar-refractivity contribution < 1.29 is 4.57 Å². The van der Waals surface area contributed by atoms with E-state index >= 15 is 0 Å². The highest BCUT2D eigenvalue weighted by atomic mass is 31.1. The van der Waals surface area contributed by atoms with Crippen LogP contribution in [0.5, 0.6) is 0 Å². The Balaban J connectivity index is 1.65. The van der Waals surface area contributed by atoms with Gasteiger partial charge in [-0.25, -0.2) is 9.97 Å². The number of benzene rings is 5. The lowest BCUT2D eigenvalue weighted by Gasteiger charge is -2.20. The van der Waals surface area contributed by atoms with Crippen LogP contribution in [0.15, 0.2) is 128 Å². The Kier molecular flexibility index (Phi) is 5.50. The molecular formula is C34H21N2OP. The standard InChI is InChI=1S/C34H21N2OP/c37-38-31-20-18-29(30-19-17-24-12-7-21-35-34(24)36-30)32(27-15-5-10-22-8-1-3-13-25(22)27)33(31)28-16-6-11-23-9-2-4-14-26(23)28/h1-21H. The Morgan fingerprint density at radius 2 is 1.13 bits per heavy atom. The summed E-state index contributed by atoms with van der Waals surface area (Å²) in [5.41, 5.74) is 6.60. The number of fused-ring (bicyclic) bond motifs is 3. The van der Waals surface area contributed by atoms with Gasteiger partial charge in [0.05, 0.1) is 11.0 Å². The Labute approximate surface area is 221 Å². The highest BCUT2D eigenvalue weighted by molar-refractivity contribution is 7.34. The van der Waals surface area contributed by atoms with Gasteiger partial charge in [-0.3, -0.25) is 4.57 Å². The summed E-state index contributed by atoms with van der Waals surface area (Å²) in [5, 5.41) is 6.28. The van der Waals surface area contributed by atoms with E-state index in [1.807, 2.05) is 30.3 Å². The summed E-state index contributed by atoms with van der Waals surface area (Å²) in [6.07, 6.45) is 1.77. The van der Waals surface area contributed by atoms with Gasteiger partial charge < -0.3 is 0 Å². The van der Waals surface area contributed by atoms with E-state index < -0.39 is 0 Å². The van der Waals surface area contributed by atoms with E-state index in [1.165, 1.54) is 0 Å². The molecular weight excluding hydrogens is 483 g/mol. The van der Waals surface area contributed by atoms with Crippen molar-refractivity contribution >= 4 is 46.3 Å². The molecule has 0 aliphatic rings. The van der Waals surface area contributed by atoms with Crippen molar-refractivity contribution in [2.45, 2.75) is 0 Å². The van der Waals surface area contributed by atoms with Crippen LogP contribution in [-0.2, 0) is 4.57 Å². The zero-order valence-electron chi connectivity index (χ0n) is 20.4. The van der Waals surface area contributed by atoms with Gasteiger partial charge in [-0.05, 0) is 63.0 Å². The largest absolute Gasteiger partial charge is 0.269 e. The maximum Gasteiger partial charge on any atom is 0.192 e. The topological polar surface area (TPSA) is 42.9 Å². The fourth-order valence-electron chi connectivity index (χ4n) is 5.42. The summed E-state index contributed by atoms with van der Waals surface area (Å²) in [6.45, 7) is 0. The number of rotatable bonds is 4. The molecule has 0 saturated heterocycles. The monoisotopic (exact) mass is 504 g/mol. The van der Waals surface area contributed by atoms with Gasteiger partial charge in [0.1, 0.15) is 0 Å². The number of hydrogen-bond donors (Lipinski definition) is 0. The maximum atomic E-state index is 12.7. The molecule has 0 N–H and O–H groups in total. The summed E-state index contributed by atoms with van der Waals surface area (Å²) in [5.74, 6) is 0. The zero-order chi connectivity index (χ0) is 25.5. The van der Waals surface area contributed by atoms with Gasteiger partial charge in [0.15, 0.2) is 14.1 Å². The first-order valence-corrected chi connectivity index (χ1v) is 13.3. The van der Waals surface area contributed by atoms with Crippen molar-refractivity contribution in [1.29, 1.82) is 0 Å². The van der Waals surface area contributed by atoms with E-state index in [-0.39, 0.29) is 8.46 Å². The lowest BCUT2D eigenvalue weighted by molar-refractivity contribution is 0.603. The van der Waals surface area contributed by atoms with E-state index in [1.54, 1.807) is 6.20 Å². The Morgan fingerprint density at radius 3 is 1.84 bits per heavy atom. The average Bonchev–Trinajstić information content (AvgIpc) is 2.99. The zero-order valence-corrected chi connectivity index (χ0v) is 21.3. The Morgan fingerprint density at radius 1 is 0.500 bits per heavy atom. The minimum absolute atomic E-state index is 0.0319. The van der Waals surface area contributed by atoms with Crippen molar-refractivity contribution in [3.8, 4) is 33.5 Å². The smallest absolute Gasteiger partial charge is 0.192 e. The van der Waals surface area contributed by atoms with Crippen LogP contribution in [0.4, 0.5) is 0 Å². The van der Waals surface area contributed by atoms with Gasteiger partial charge in [-0.2, -0.15) is 0 Å². The van der Waals surface area contributed by atoms with E-state index in [0.29, 0.717) is 5.65 Å². The molecule has 0 spiro atoms. The minimum atomic E-state index is -0.0319. The lowest BCUT2D eigenvalue weighted by Crippen LogP contribution is -2.04. The third kappa shape index (κ3) is 3.68. The molecule has 7 rings (SSSR count). The SMILES string of the molecule is O=Pc1ccc(-c2ccc3cccnc3n2)c(-c2cccc3ccccc23)c1-c1cccc2ccccc12. The molecule has 2 aromatic heterocycles. The fraction of sp³-hybridized carbons (Fsp3) is 0. The number of nitrogens with zero attached hydrogens (tertiary/aromatic N) is 2. The third-order valence-corrected chi connectivity index (χ3v) is 7.71. The van der Waals surface area contributed by atoms with Gasteiger partial charge in [0, 0.05) is 28.3 Å². The number of pyridine rings is 2. The van der Waals surface area contributed by atoms with Gasteiger partial charge >= 0.3 is 0 Å². The van der Waals surface area contributed by atoms with Crippen LogP contribution in [0, 0.1) is 0 Å². The lowest BCUT2D eigenvalue weighted by atomic mass is 9.85. The fourth-order valence-corrected chi connectivity index (χ4v) is 5.88. The highest BCUT2D eigenvalue weighted by Crippen LogP contribution is 2.44. The summed E-state index contributed by atoms with van der Waals surface area (Å²) in [7, 11) is -0.0319. The van der Waals surface area contributed by atoms with Crippen molar-refractivity contribution in [3.05, 3.63) is 128 Å². The summed E-state index contributed by atoms with van der Waals surface area (Å²) >= 11 is 0. The van der Waals surface area contributed by atoms with Gasteiger partial charge in [-0.1, -0.05) is 91.0 Å². The molecule has 0 radical (unpaired) electrons. The molecule has 2 heterocycles. The molecule has 7 aromatic rings. The second kappa shape index (κ2) is 9.30. The van der Waals surface area contributed by atoms with Crippen LogP contribution in [0.25, 0.3) is 66.1 Å². The molecule has 38 heavy (non-hydrogen) atoms. The summed E-state index contributed by atoms with van der Waals surface area (Å²) in [4.78, 5) is 9.49. The third-order valence-electron chi connectivity index (χ3n) is 7.14. The summed E-state index contributed by atoms with van der Waals surface area (Å²) < 4.78 is 12.7. The normalized spacial score (nSPS) is 11.5. The highest BCUT2D eigenvalue weighted by Gasteiger charge is 2.22. The van der Waals surface area contributed by atoms with Crippen LogP contribution < -0.4 is 5.30 Å². The molecule has 178 valence electrons. The van der Waals surface area contributed by atoms with Crippen molar-refractivity contribution in [1.82, 2.24) is 9.97 Å². The van der Waals surface area contributed by atoms with Crippen LogP contribution in [0.3, 0.4) is 0 Å². The van der Waals surface area contributed by atoms with E-state index in [2.05, 4.69) is 96.0 Å². The molecule has 0 atom stereocenters. The number of hydrogen-bond acceptors (Lipinski definition) is 3. The second-order valence-corrected chi connectivity index (χ2v) is 9.94. The van der Waals surface area contributed by atoms with Crippen molar-refractivity contribution in [3.63, 3.8) is 0 Å². The quantitative estimate of drug-likeness (QED) is 0.225.